The van der Waals surface area contributed by atoms with Gasteiger partial charge in [-0.2, -0.15) is 0 Å². The highest BCUT2D eigenvalue weighted by Crippen LogP contribution is 2.41. The molecule has 0 aliphatic heterocycles. The van der Waals surface area contributed by atoms with Crippen molar-refractivity contribution in [3.8, 4) is 11.5 Å². The fraction of sp³-hybridized carbons (Fsp3) is 0.500. The standard InChI is InChI=1S/C24H32Cl4N2O/c1-5-29(6-2)15-13-17-19(25)9-11-21(23(17)27)31-22-12-10-20(26)18(24(22)28)14-16-30(7-3)8-4/h9-12H,5-8,13-16H2,1-4H3. The third kappa shape index (κ3) is 7.15. The van der Waals surface area contributed by atoms with Crippen LogP contribution in [0, 0.1) is 0 Å². The maximum absolute atomic E-state index is 6.69. The van der Waals surface area contributed by atoms with E-state index < -0.39 is 0 Å². The van der Waals surface area contributed by atoms with Gasteiger partial charge in [0.05, 0.1) is 10.0 Å². The van der Waals surface area contributed by atoms with Gasteiger partial charge in [0.15, 0.2) is 0 Å². The van der Waals surface area contributed by atoms with E-state index in [1.165, 1.54) is 0 Å². The van der Waals surface area contributed by atoms with E-state index in [1.807, 2.05) is 12.1 Å². The molecule has 0 spiro atoms. The van der Waals surface area contributed by atoms with Gasteiger partial charge in [0.2, 0.25) is 0 Å². The van der Waals surface area contributed by atoms with Crippen LogP contribution in [0.4, 0.5) is 0 Å². The second-order valence-electron chi connectivity index (χ2n) is 7.33. The van der Waals surface area contributed by atoms with Gasteiger partial charge in [-0.25, -0.2) is 0 Å². The van der Waals surface area contributed by atoms with Crippen LogP contribution < -0.4 is 4.74 Å². The van der Waals surface area contributed by atoms with E-state index in [-0.39, 0.29) is 0 Å². The third-order valence-electron chi connectivity index (χ3n) is 5.67. The minimum atomic E-state index is 0.523. The molecule has 0 bridgehead atoms. The Balaban J connectivity index is 2.26. The first kappa shape index (κ1) is 26.6. The molecule has 0 aliphatic carbocycles. The van der Waals surface area contributed by atoms with Crippen molar-refractivity contribution in [3.63, 3.8) is 0 Å². The molecule has 0 aromatic heterocycles. The van der Waals surface area contributed by atoms with Gasteiger partial charge in [0.1, 0.15) is 11.5 Å². The van der Waals surface area contributed by atoms with Gasteiger partial charge in [-0.1, -0.05) is 74.1 Å². The minimum absolute atomic E-state index is 0.523. The molecule has 0 saturated carbocycles. The van der Waals surface area contributed by atoms with E-state index in [1.54, 1.807) is 12.1 Å². The SMILES string of the molecule is CCN(CC)CCc1c(Cl)ccc(Oc2ccc(Cl)c(CCN(CC)CC)c2Cl)c1Cl. The summed E-state index contributed by atoms with van der Waals surface area (Å²) in [7, 11) is 0. The Hall–Kier alpha value is -0.680. The molecule has 7 heteroatoms. The summed E-state index contributed by atoms with van der Waals surface area (Å²) in [6, 6.07) is 7.22. The zero-order valence-corrected chi connectivity index (χ0v) is 21.8. The normalized spacial score (nSPS) is 11.5. The molecule has 2 rings (SSSR count). The first-order valence-corrected chi connectivity index (χ1v) is 12.4. The molecule has 2 aromatic rings. The second-order valence-corrected chi connectivity index (χ2v) is 8.90. The molecule has 0 N–H and O–H groups in total. The first-order chi connectivity index (χ1) is 14.9. The zero-order valence-electron chi connectivity index (χ0n) is 18.8. The first-order valence-electron chi connectivity index (χ1n) is 10.9. The minimum Gasteiger partial charge on any atom is -0.454 e. The van der Waals surface area contributed by atoms with Crippen LogP contribution in [0.25, 0.3) is 0 Å². The third-order valence-corrected chi connectivity index (χ3v) is 7.20. The largest absolute Gasteiger partial charge is 0.454 e. The number of halogens is 4. The van der Waals surface area contributed by atoms with Gasteiger partial charge in [-0.3, -0.25) is 0 Å². The van der Waals surface area contributed by atoms with Crippen LogP contribution in [0.15, 0.2) is 24.3 Å². The lowest BCUT2D eigenvalue weighted by Crippen LogP contribution is -2.25. The van der Waals surface area contributed by atoms with Crippen LogP contribution in [-0.4, -0.2) is 49.1 Å². The van der Waals surface area contributed by atoms with Gasteiger partial charge in [-0.15, -0.1) is 0 Å². The molecule has 2 aromatic carbocycles. The number of nitrogens with zero attached hydrogens (tertiary/aromatic N) is 2. The highest BCUT2D eigenvalue weighted by atomic mass is 35.5. The van der Waals surface area contributed by atoms with Gasteiger partial charge in [0.25, 0.3) is 0 Å². The maximum atomic E-state index is 6.69. The fourth-order valence-electron chi connectivity index (χ4n) is 3.51. The summed E-state index contributed by atoms with van der Waals surface area (Å²) in [5.74, 6) is 1.08. The Morgan fingerprint density at radius 3 is 1.29 bits per heavy atom. The van der Waals surface area contributed by atoms with E-state index >= 15 is 0 Å². The van der Waals surface area contributed by atoms with E-state index in [4.69, 9.17) is 51.1 Å². The Bertz CT molecular complexity index is 782. The van der Waals surface area contributed by atoms with Crippen LogP contribution in [0.1, 0.15) is 38.8 Å². The van der Waals surface area contributed by atoms with Gasteiger partial charge < -0.3 is 14.5 Å². The second kappa shape index (κ2) is 13.1. The Kier molecular flexibility index (Phi) is 11.3. The molecular formula is C24H32Cl4N2O. The van der Waals surface area contributed by atoms with Crippen molar-refractivity contribution in [2.24, 2.45) is 0 Å². The summed E-state index contributed by atoms with van der Waals surface area (Å²) in [5.41, 5.74) is 1.78. The number of ether oxygens (including phenoxy) is 1. The van der Waals surface area contributed by atoms with Crippen molar-refractivity contribution >= 4 is 46.4 Å². The summed E-state index contributed by atoms with van der Waals surface area (Å²) in [4.78, 5) is 4.66. The fourth-order valence-corrected chi connectivity index (χ4v) is 4.70. The average Bonchev–Trinajstić information content (AvgIpc) is 2.77. The molecule has 0 amide bonds. The van der Waals surface area contributed by atoms with E-state index in [0.29, 0.717) is 31.6 Å². The number of likely N-dealkylation sites (N-methyl/N-ethyl adjacent to an activating group) is 2. The lowest BCUT2D eigenvalue weighted by molar-refractivity contribution is 0.308. The predicted molar refractivity (Wildman–Crippen MR) is 136 cm³/mol. The van der Waals surface area contributed by atoms with Crippen molar-refractivity contribution in [3.05, 3.63) is 55.5 Å². The van der Waals surface area contributed by atoms with Crippen LogP contribution in [-0.2, 0) is 12.8 Å². The smallest absolute Gasteiger partial charge is 0.146 e. The molecule has 0 fully saturated rings. The van der Waals surface area contributed by atoms with E-state index in [0.717, 1.165) is 63.2 Å². The van der Waals surface area contributed by atoms with Crippen LogP contribution in [0.2, 0.25) is 20.1 Å². The molecule has 0 atom stereocenters. The molecule has 3 nitrogen and oxygen atoms in total. The molecular weight excluding hydrogens is 474 g/mol. The molecule has 0 radical (unpaired) electrons. The van der Waals surface area contributed by atoms with Crippen LogP contribution in [0.3, 0.4) is 0 Å². The number of hydrogen-bond acceptors (Lipinski definition) is 3. The zero-order chi connectivity index (χ0) is 23.0. The lowest BCUT2D eigenvalue weighted by Gasteiger charge is -2.20. The summed E-state index contributed by atoms with van der Waals surface area (Å²) >= 11 is 26.3. The van der Waals surface area contributed by atoms with Gasteiger partial charge in [0, 0.05) is 23.1 Å². The van der Waals surface area contributed by atoms with Crippen LogP contribution >= 0.6 is 46.4 Å². The quantitative estimate of drug-likeness (QED) is 0.292. The molecule has 31 heavy (non-hydrogen) atoms. The van der Waals surface area contributed by atoms with Crippen LogP contribution in [0.5, 0.6) is 11.5 Å². The number of hydrogen-bond donors (Lipinski definition) is 0. The Morgan fingerprint density at radius 1 is 0.613 bits per heavy atom. The topological polar surface area (TPSA) is 15.7 Å². The average molecular weight is 506 g/mol. The highest BCUT2D eigenvalue weighted by Gasteiger charge is 2.17. The van der Waals surface area contributed by atoms with Crippen molar-refractivity contribution in [1.82, 2.24) is 9.80 Å². The van der Waals surface area contributed by atoms with Crippen molar-refractivity contribution in [2.75, 3.05) is 39.3 Å². The van der Waals surface area contributed by atoms with Crippen molar-refractivity contribution in [2.45, 2.75) is 40.5 Å². The Labute approximate surface area is 207 Å². The summed E-state index contributed by atoms with van der Waals surface area (Å²) in [6.45, 7) is 14.3. The van der Waals surface area contributed by atoms with Crippen molar-refractivity contribution < 1.29 is 4.74 Å². The van der Waals surface area contributed by atoms with Gasteiger partial charge in [-0.05, 0) is 74.4 Å². The monoisotopic (exact) mass is 504 g/mol. The number of rotatable bonds is 12. The molecule has 0 heterocycles. The van der Waals surface area contributed by atoms with E-state index in [9.17, 15) is 0 Å². The summed E-state index contributed by atoms with van der Waals surface area (Å²) in [5, 5.41) is 2.34. The lowest BCUT2D eigenvalue weighted by atomic mass is 10.1. The predicted octanol–water partition coefficient (Wildman–Crippen LogP) is 7.86. The molecule has 0 unspecified atom stereocenters. The molecule has 172 valence electrons. The van der Waals surface area contributed by atoms with Gasteiger partial charge >= 0.3 is 0 Å². The van der Waals surface area contributed by atoms with E-state index in [2.05, 4.69) is 37.5 Å². The molecule has 0 aliphatic rings. The highest BCUT2D eigenvalue weighted by molar-refractivity contribution is 6.37. The van der Waals surface area contributed by atoms with Crippen molar-refractivity contribution in [1.29, 1.82) is 0 Å². The maximum Gasteiger partial charge on any atom is 0.146 e. The number of benzene rings is 2. The Morgan fingerprint density at radius 2 is 0.968 bits per heavy atom. The summed E-state index contributed by atoms with van der Waals surface area (Å²) < 4.78 is 6.14. The summed E-state index contributed by atoms with van der Waals surface area (Å²) in [6.07, 6.45) is 1.50. The molecule has 0 saturated heterocycles.